The Hall–Kier alpha value is -0.266. The third-order valence-electron chi connectivity index (χ3n) is 7.92. The van der Waals surface area contributed by atoms with Crippen molar-refractivity contribution >= 4 is 41.0 Å². The van der Waals surface area contributed by atoms with Crippen LogP contribution in [-0.2, 0) is 0 Å². The first-order valence-corrected chi connectivity index (χ1v) is 22.6. The molecule has 172 valence electrons. The van der Waals surface area contributed by atoms with Crippen molar-refractivity contribution in [3.8, 4) is 0 Å². The third kappa shape index (κ3) is 6.41. The maximum absolute atomic E-state index is 2.65. The molecule has 0 bridgehead atoms. The first-order chi connectivity index (χ1) is 14.2. The summed E-state index contributed by atoms with van der Waals surface area (Å²) in [5.74, 6) is 0. The van der Waals surface area contributed by atoms with E-state index in [0.717, 1.165) is 0 Å². The van der Waals surface area contributed by atoms with Crippen molar-refractivity contribution in [1.29, 1.82) is 0 Å². The Bertz CT molecular complexity index is 733. The quantitative estimate of drug-likeness (QED) is 0.257. The van der Waals surface area contributed by atoms with Crippen molar-refractivity contribution < 1.29 is 0 Å². The fourth-order valence-electron chi connectivity index (χ4n) is 3.88. The van der Waals surface area contributed by atoms with E-state index in [4.69, 9.17) is 0 Å². The molecule has 0 saturated carbocycles. The lowest BCUT2D eigenvalue weighted by Gasteiger charge is -2.46. The summed E-state index contributed by atoms with van der Waals surface area (Å²) in [5.41, 5.74) is 0. The molecular weight excluding hydrogens is 442 g/mol. The second-order valence-electron chi connectivity index (χ2n) is 11.9. The summed E-state index contributed by atoms with van der Waals surface area (Å²) in [4.78, 5) is 0. The van der Waals surface area contributed by atoms with Gasteiger partial charge in [0.1, 0.15) is 0 Å². The van der Waals surface area contributed by atoms with Gasteiger partial charge in [-0.05, 0) is 39.4 Å². The Balaban J connectivity index is 2.31. The molecule has 0 aliphatic rings. The molecule has 0 N–H and O–H groups in total. The molecule has 0 saturated heterocycles. The van der Waals surface area contributed by atoms with Gasteiger partial charge in [0.05, 0.1) is 15.5 Å². The number of hydrogen-bond donors (Lipinski definition) is 0. The van der Waals surface area contributed by atoms with Crippen LogP contribution in [0.4, 0.5) is 0 Å². The van der Waals surface area contributed by atoms with E-state index in [1.165, 1.54) is 18.7 Å². The maximum Gasteiger partial charge on any atom is 0.0856 e. The van der Waals surface area contributed by atoms with E-state index >= 15 is 0 Å². The normalized spacial score (nSPS) is 15.5. The monoisotopic (exact) mass is 488 g/mol. The van der Waals surface area contributed by atoms with Crippen molar-refractivity contribution in [1.82, 2.24) is 0 Å². The van der Waals surface area contributed by atoms with Crippen molar-refractivity contribution in [2.45, 2.75) is 84.2 Å². The van der Waals surface area contributed by atoms with E-state index in [1.807, 2.05) is 0 Å². The Labute approximate surface area is 197 Å². The molecule has 2 rings (SSSR count). The van der Waals surface area contributed by atoms with Gasteiger partial charge in [-0.1, -0.05) is 143 Å². The first kappa shape index (κ1) is 27.0. The molecule has 0 fully saturated rings. The molecule has 2 unspecified atom stereocenters. The second kappa shape index (κ2) is 10.3. The molecule has 4 heteroatoms. The van der Waals surface area contributed by atoms with Gasteiger partial charge in [0.2, 0.25) is 0 Å². The minimum Gasteiger partial charge on any atom is -0.0874 e. The van der Waals surface area contributed by atoms with Gasteiger partial charge in [0.15, 0.2) is 0 Å². The highest BCUT2D eigenvalue weighted by molar-refractivity contribution is 8.01. The summed E-state index contributed by atoms with van der Waals surface area (Å²) in [6, 6.07) is 23.0. The van der Waals surface area contributed by atoms with Crippen molar-refractivity contribution in [2.75, 3.05) is 12.3 Å². The lowest BCUT2D eigenvalue weighted by molar-refractivity contribution is 0.735. The molecule has 31 heavy (non-hydrogen) atoms. The molecule has 0 nitrogen and oxygen atoms in total. The molecule has 0 amide bonds. The molecule has 0 aromatic heterocycles. The van der Waals surface area contributed by atoms with E-state index < -0.39 is 15.5 Å². The van der Waals surface area contributed by atoms with E-state index in [0.29, 0.717) is 10.1 Å². The number of benzene rings is 2. The fraction of sp³-hybridized carbons (Fsp3) is 0.556. The lowest BCUT2D eigenvalue weighted by atomic mass is 10.2. The van der Waals surface area contributed by atoms with Crippen LogP contribution in [0, 0.1) is 0 Å². The molecule has 2 atom stereocenters. The van der Waals surface area contributed by atoms with Gasteiger partial charge in [-0.2, -0.15) is 0 Å². The third-order valence-corrected chi connectivity index (χ3v) is 36.3. The van der Waals surface area contributed by atoms with Crippen LogP contribution in [0.2, 0.25) is 36.3 Å². The van der Waals surface area contributed by atoms with Crippen molar-refractivity contribution in [3.05, 3.63) is 60.7 Å². The second-order valence-corrected chi connectivity index (χ2v) is 34.8. The standard InChI is InChI=1S/C27H46P2Si2/c1-26(2,3)30(7,8)28(24-18-13-11-14-19-24)22-17-23-29(25-20-15-12-16-21-25)31(9,10)27(4,5)6/h11-16,18-21H,17,22-23H2,1-10H3. The number of hydrogen-bond acceptors (Lipinski definition) is 0. The SMILES string of the molecule is CC(C)(C)[Si](C)(C)P(CCCP(c1ccccc1)[Si](C)(C)C(C)(C)C)c1ccccc1. The van der Waals surface area contributed by atoms with Crippen molar-refractivity contribution in [3.63, 3.8) is 0 Å². The predicted molar refractivity (Wildman–Crippen MR) is 155 cm³/mol. The van der Waals surface area contributed by atoms with Gasteiger partial charge in [-0.15, -0.1) is 0 Å². The summed E-state index contributed by atoms with van der Waals surface area (Å²) < 4.78 is 0. The minimum absolute atomic E-state index is 0.0859. The van der Waals surface area contributed by atoms with E-state index in [9.17, 15) is 0 Å². The van der Waals surface area contributed by atoms with Crippen LogP contribution in [-0.4, -0.2) is 27.8 Å². The van der Waals surface area contributed by atoms with E-state index in [2.05, 4.69) is 128 Å². The van der Waals surface area contributed by atoms with Crippen LogP contribution in [0.1, 0.15) is 48.0 Å². The molecule has 0 aliphatic heterocycles. The van der Waals surface area contributed by atoms with Gasteiger partial charge in [0, 0.05) is 0 Å². The van der Waals surface area contributed by atoms with Gasteiger partial charge in [-0.25, -0.2) is 0 Å². The topological polar surface area (TPSA) is 0 Å². The summed E-state index contributed by atoms with van der Waals surface area (Å²) in [6.07, 6.45) is 4.17. The first-order valence-electron chi connectivity index (χ1n) is 11.8. The van der Waals surface area contributed by atoms with E-state index in [1.54, 1.807) is 10.6 Å². The zero-order valence-electron chi connectivity index (χ0n) is 21.8. The Morgan fingerprint density at radius 2 is 0.839 bits per heavy atom. The minimum atomic E-state index is -1.43. The van der Waals surface area contributed by atoms with Crippen LogP contribution in [0.3, 0.4) is 0 Å². The molecule has 2 aromatic rings. The van der Waals surface area contributed by atoms with E-state index in [-0.39, 0.29) is 14.9 Å². The van der Waals surface area contributed by atoms with Crippen LogP contribution < -0.4 is 10.6 Å². The largest absolute Gasteiger partial charge is 0.0874 e. The molecular formula is C27H46P2Si2. The summed E-state index contributed by atoms with van der Waals surface area (Å²) in [5, 5.41) is 4.14. The molecule has 0 heterocycles. The fourth-order valence-corrected chi connectivity index (χ4v) is 24.6. The van der Waals surface area contributed by atoms with Crippen LogP contribution in [0.5, 0.6) is 0 Å². The van der Waals surface area contributed by atoms with Gasteiger partial charge in [0.25, 0.3) is 0 Å². The van der Waals surface area contributed by atoms with Crippen LogP contribution >= 0.6 is 14.9 Å². The summed E-state index contributed by atoms with van der Waals surface area (Å²) >= 11 is 0. The Kier molecular flexibility index (Phi) is 9.00. The highest BCUT2D eigenvalue weighted by atomic mass is 31.4. The Morgan fingerprint density at radius 1 is 0.548 bits per heavy atom. The molecule has 0 aliphatic carbocycles. The highest BCUT2D eigenvalue weighted by Crippen LogP contribution is 2.60. The molecule has 0 spiro atoms. The van der Waals surface area contributed by atoms with Crippen LogP contribution in [0.15, 0.2) is 60.7 Å². The maximum atomic E-state index is 2.65. The Morgan fingerprint density at radius 3 is 1.10 bits per heavy atom. The van der Waals surface area contributed by atoms with Crippen LogP contribution in [0.25, 0.3) is 0 Å². The summed E-state index contributed by atoms with van der Waals surface area (Å²) in [6.45, 7) is 25.5. The number of rotatable bonds is 8. The average Bonchev–Trinajstić information content (AvgIpc) is 2.67. The lowest BCUT2D eigenvalue weighted by Crippen LogP contribution is -2.40. The highest BCUT2D eigenvalue weighted by Gasteiger charge is 2.44. The van der Waals surface area contributed by atoms with Crippen molar-refractivity contribution in [2.24, 2.45) is 0 Å². The average molecular weight is 489 g/mol. The van der Waals surface area contributed by atoms with Gasteiger partial charge in [-0.3, -0.25) is 0 Å². The molecule has 2 aromatic carbocycles. The zero-order chi connectivity index (χ0) is 23.5. The van der Waals surface area contributed by atoms with Gasteiger partial charge >= 0.3 is 0 Å². The van der Waals surface area contributed by atoms with Gasteiger partial charge < -0.3 is 0 Å². The molecule has 0 radical (unpaired) electrons. The smallest absolute Gasteiger partial charge is 0.0856 e. The summed E-state index contributed by atoms with van der Waals surface area (Å²) in [7, 11) is -3.02. The zero-order valence-corrected chi connectivity index (χ0v) is 25.6. The predicted octanol–water partition coefficient (Wildman–Crippen LogP) is 9.00.